The number of esters is 1. The Morgan fingerprint density at radius 2 is 2.05 bits per heavy atom. The van der Waals surface area contributed by atoms with E-state index in [4.69, 9.17) is 9.84 Å². The number of ether oxygens (including phenoxy) is 1. The van der Waals surface area contributed by atoms with Crippen molar-refractivity contribution in [3.8, 4) is 0 Å². The van der Waals surface area contributed by atoms with Crippen LogP contribution in [0.4, 0.5) is 0 Å². The molecule has 114 valence electrons. The largest absolute Gasteiger partial charge is 0.478 e. The molecule has 1 aromatic rings. The Hall–Kier alpha value is -1.75. The van der Waals surface area contributed by atoms with Crippen LogP contribution in [-0.2, 0) is 20.1 Å². The highest BCUT2D eigenvalue weighted by Gasteiger charge is 2.15. The Bertz CT molecular complexity index is 529. The summed E-state index contributed by atoms with van der Waals surface area (Å²) < 4.78 is 5.23. The van der Waals surface area contributed by atoms with E-state index in [-0.39, 0.29) is 5.97 Å². The summed E-state index contributed by atoms with van der Waals surface area (Å²) >= 11 is 1.47. The maximum atomic E-state index is 11.6. The summed E-state index contributed by atoms with van der Waals surface area (Å²) in [6.45, 7) is 5.52. The van der Waals surface area contributed by atoms with Gasteiger partial charge in [-0.3, -0.25) is 4.79 Å². The molecule has 0 unspecified atom stereocenters. The van der Waals surface area contributed by atoms with Crippen molar-refractivity contribution >= 4 is 29.8 Å². The van der Waals surface area contributed by atoms with Crippen molar-refractivity contribution in [3.63, 3.8) is 0 Å². The Labute approximate surface area is 129 Å². The van der Waals surface area contributed by atoms with Gasteiger partial charge in [0.05, 0.1) is 5.75 Å². The van der Waals surface area contributed by atoms with Crippen LogP contribution in [0, 0.1) is 0 Å². The molecule has 21 heavy (non-hydrogen) atoms. The predicted molar refractivity (Wildman–Crippen MR) is 85.1 cm³/mol. The van der Waals surface area contributed by atoms with Crippen LogP contribution in [0.25, 0.3) is 6.08 Å². The van der Waals surface area contributed by atoms with E-state index < -0.39 is 11.6 Å². The lowest BCUT2D eigenvalue weighted by molar-refractivity contribution is -0.151. The summed E-state index contributed by atoms with van der Waals surface area (Å²) in [4.78, 5) is 22.1. The predicted octanol–water partition coefficient (Wildman–Crippen LogP) is 3.36. The van der Waals surface area contributed by atoms with Gasteiger partial charge in [-0.25, -0.2) is 4.79 Å². The highest BCUT2D eigenvalue weighted by Crippen LogP contribution is 2.16. The van der Waals surface area contributed by atoms with Gasteiger partial charge in [-0.15, -0.1) is 11.8 Å². The highest BCUT2D eigenvalue weighted by atomic mass is 32.2. The fourth-order valence-corrected chi connectivity index (χ4v) is 2.32. The van der Waals surface area contributed by atoms with Crippen molar-refractivity contribution in [3.05, 3.63) is 41.5 Å². The van der Waals surface area contributed by atoms with E-state index in [9.17, 15) is 9.59 Å². The first kappa shape index (κ1) is 17.3. The van der Waals surface area contributed by atoms with E-state index in [1.54, 1.807) is 6.08 Å². The number of carbonyl (C=O) groups excluding carboxylic acids is 1. The third-order valence-corrected chi connectivity index (χ3v) is 3.26. The van der Waals surface area contributed by atoms with Gasteiger partial charge in [-0.05, 0) is 38.0 Å². The third kappa shape index (κ3) is 8.19. The molecule has 0 aliphatic heterocycles. The average molecular weight is 308 g/mol. The minimum atomic E-state index is -0.972. The molecular weight excluding hydrogens is 288 g/mol. The normalized spacial score (nSPS) is 11.6. The molecule has 0 radical (unpaired) electrons. The number of carboxylic acids is 1. The quantitative estimate of drug-likeness (QED) is 0.645. The summed E-state index contributed by atoms with van der Waals surface area (Å²) in [6, 6.07) is 7.55. The molecule has 0 amide bonds. The van der Waals surface area contributed by atoms with Gasteiger partial charge in [0.15, 0.2) is 0 Å². The second-order valence-corrected chi connectivity index (χ2v) is 6.48. The summed E-state index contributed by atoms with van der Waals surface area (Å²) in [7, 11) is 0. The lowest BCUT2D eigenvalue weighted by Gasteiger charge is -2.19. The smallest absolute Gasteiger partial charge is 0.328 e. The first-order valence-corrected chi connectivity index (χ1v) is 7.71. The molecule has 0 aromatic heterocycles. The first-order valence-electron chi connectivity index (χ1n) is 6.56. The number of benzene rings is 1. The van der Waals surface area contributed by atoms with E-state index >= 15 is 0 Å². The maximum absolute atomic E-state index is 11.6. The zero-order valence-electron chi connectivity index (χ0n) is 12.5. The number of carbonyl (C=O) groups is 2. The Morgan fingerprint density at radius 3 is 2.67 bits per heavy atom. The molecule has 0 spiro atoms. The summed E-state index contributed by atoms with van der Waals surface area (Å²) in [5, 5.41) is 8.60. The summed E-state index contributed by atoms with van der Waals surface area (Å²) in [5.74, 6) is -0.227. The van der Waals surface area contributed by atoms with Crippen LogP contribution in [0.3, 0.4) is 0 Å². The standard InChI is InChI=1S/C16H20O4S/c1-16(2,3)20-15(19)11-21-10-13-6-4-5-12(9-13)7-8-14(17)18/h4-9H,10-11H2,1-3H3,(H,17,18)/b8-7+. The third-order valence-electron chi connectivity index (χ3n) is 2.28. The van der Waals surface area contributed by atoms with Crippen molar-refractivity contribution in [1.29, 1.82) is 0 Å². The molecule has 4 nitrogen and oxygen atoms in total. The zero-order valence-corrected chi connectivity index (χ0v) is 13.3. The number of hydrogen-bond donors (Lipinski definition) is 1. The molecular formula is C16H20O4S. The SMILES string of the molecule is CC(C)(C)OC(=O)CSCc1cccc(/C=C/C(=O)O)c1. The fourth-order valence-electron chi connectivity index (χ4n) is 1.58. The van der Waals surface area contributed by atoms with Crippen molar-refractivity contribution in [2.24, 2.45) is 0 Å². The van der Waals surface area contributed by atoms with Gasteiger partial charge in [0, 0.05) is 11.8 Å². The van der Waals surface area contributed by atoms with E-state index in [1.807, 2.05) is 45.0 Å². The number of rotatable bonds is 6. The molecule has 0 aliphatic rings. The molecule has 0 saturated carbocycles. The minimum Gasteiger partial charge on any atom is -0.478 e. The van der Waals surface area contributed by atoms with Crippen LogP contribution in [-0.4, -0.2) is 28.4 Å². The van der Waals surface area contributed by atoms with Crippen molar-refractivity contribution in [1.82, 2.24) is 0 Å². The first-order chi connectivity index (χ1) is 9.76. The lowest BCUT2D eigenvalue weighted by atomic mass is 10.1. The average Bonchev–Trinajstić information content (AvgIpc) is 2.34. The van der Waals surface area contributed by atoms with Gasteiger partial charge in [-0.1, -0.05) is 24.3 Å². The van der Waals surface area contributed by atoms with Gasteiger partial charge in [0.2, 0.25) is 0 Å². The monoisotopic (exact) mass is 308 g/mol. The molecule has 0 aliphatic carbocycles. The summed E-state index contributed by atoms with van der Waals surface area (Å²) in [5.41, 5.74) is 1.41. The zero-order chi connectivity index (χ0) is 15.9. The van der Waals surface area contributed by atoms with Crippen molar-refractivity contribution in [2.45, 2.75) is 32.1 Å². The molecule has 0 bridgehead atoms. The molecule has 1 aromatic carbocycles. The van der Waals surface area contributed by atoms with Crippen LogP contribution in [0.1, 0.15) is 31.9 Å². The van der Waals surface area contributed by atoms with Gasteiger partial charge in [0.25, 0.3) is 0 Å². The topological polar surface area (TPSA) is 63.6 Å². The van der Waals surface area contributed by atoms with Crippen LogP contribution in [0.5, 0.6) is 0 Å². The lowest BCUT2D eigenvalue weighted by Crippen LogP contribution is -2.24. The van der Waals surface area contributed by atoms with Gasteiger partial charge in [0.1, 0.15) is 5.60 Å². The van der Waals surface area contributed by atoms with Gasteiger partial charge < -0.3 is 9.84 Å². The summed E-state index contributed by atoms with van der Waals surface area (Å²) in [6.07, 6.45) is 2.65. The Kier molecular flexibility index (Phi) is 6.49. The number of hydrogen-bond acceptors (Lipinski definition) is 4. The van der Waals surface area contributed by atoms with Gasteiger partial charge in [-0.2, -0.15) is 0 Å². The maximum Gasteiger partial charge on any atom is 0.328 e. The second kappa shape index (κ2) is 7.88. The van der Waals surface area contributed by atoms with E-state index in [0.717, 1.165) is 17.2 Å². The molecule has 1 rings (SSSR count). The van der Waals surface area contributed by atoms with Crippen LogP contribution >= 0.6 is 11.8 Å². The Morgan fingerprint density at radius 1 is 1.33 bits per heavy atom. The van der Waals surface area contributed by atoms with Crippen LogP contribution in [0.15, 0.2) is 30.3 Å². The van der Waals surface area contributed by atoms with E-state index in [2.05, 4.69) is 0 Å². The van der Waals surface area contributed by atoms with Gasteiger partial charge >= 0.3 is 11.9 Å². The molecule has 0 fully saturated rings. The minimum absolute atomic E-state index is 0.227. The van der Waals surface area contributed by atoms with Crippen LogP contribution < -0.4 is 0 Å². The second-order valence-electron chi connectivity index (χ2n) is 5.50. The van der Waals surface area contributed by atoms with E-state index in [1.165, 1.54) is 11.8 Å². The molecule has 0 atom stereocenters. The molecule has 0 heterocycles. The van der Waals surface area contributed by atoms with Crippen molar-refractivity contribution in [2.75, 3.05) is 5.75 Å². The number of carboxylic acid groups (broad SMARTS) is 1. The van der Waals surface area contributed by atoms with Crippen molar-refractivity contribution < 1.29 is 19.4 Å². The van der Waals surface area contributed by atoms with E-state index in [0.29, 0.717) is 11.5 Å². The van der Waals surface area contributed by atoms with Crippen LogP contribution in [0.2, 0.25) is 0 Å². The number of aliphatic carboxylic acids is 1. The Balaban J connectivity index is 2.47. The highest BCUT2D eigenvalue weighted by molar-refractivity contribution is 7.99. The molecule has 5 heteroatoms. The molecule has 0 saturated heterocycles. The number of thioether (sulfide) groups is 1. The molecule has 1 N–H and O–H groups in total. The fraction of sp³-hybridized carbons (Fsp3) is 0.375.